The van der Waals surface area contributed by atoms with Gasteiger partial charge in [0.05, 0.1) is 10.4 Å². The molecule has 0 fully saturated rings. The number of nitrogens with zero attached hydrogens (tertiary/aromatic N) is 2. The second-order valence-corrected chi connectivity index (χ2v) is 7.60. The molecule has 0 unspecified atom stereocenters. The van der Waals surface area contributed by atoms with E-state index < -0.39 is 15.8 Å². The van der Waals surface area contributed by atoms with Crippen molar-refractivity contribution >= 4 is 21.1 Å². The van der Waals surface area contributed by atoms with Gasteiger partial charge in [0.25, 0.3) is 0 Å². The zero-order valence-corrected chi connectivity index (χ0v) is 15.0. The molecule has 0 aliphatic heterocycles. The first-order chi connectivity index (χ1) is 12.0. The molecular weight excluding hydrogens is 340 g/mol. The summed E-state index contributed by atoms with van der Waals surface area (Å²) in [5, 5.41) is 0. The Morgan fingerprint density at radius 2 is 1.80 bits per heavy atom. The number of oxazole rings is 1. The minimum Gasteiger partial charge on any atom is -0.408 e. The van der Waals surface area contributed by atoms with Gasteiger partial charge in [-0.05, 0) is 24.6 Å². The summed E-state index contributed by atoms with van der Waals surface area (Å²) in [6.45, 7) is 4.73. The largest absolute Gasteiger partial charge is 0.419 e. The van der Waals surface area contributed by atoms with Crippen LogP contribution in [0.2, 0.25) is 0 Å². The van der Waals surface area contributed by atoms with Crippen LogP contribution in [0.15, 0.2) is 62.6 Å². The first kappa shape index (κ1) is 17.4. The van der Waals surface area contributed by atoms with Crippen LogP contribution in [0, 0.1) is 0 Å². The monoisotopic (exact) mass is 360 g/mol. The Morgan fingerprint density at radius 1 is 1.08 bits per heavy atom. The van der Waals surface area contributed by atoms with Gasteiger partial charge in [0.2, 0.25) is 10.0 Å². The molecule has 1 aromatic heterocycles. The van der Waals surface area contributed by atoms with E-state index in [0.29, 0.717) is 18.6 Å². The predicted molar refractivity (Wildman–Crippen MR) is 95.9 cm³/mol. The molecule has 0 saturated carbocycles. The predicted octanol–water partition coefficient (Wildman–Crippen LogP) is 2.83. The summed E-state index contributed by atoms with van der Waals surface area (Å²) in [7, 11) is -3.69. The summed E-state index contributed by atoms with van der Waals surface area (Å²) < 4.78 is 34.0. The Morgan fingerprint density at radius 3 is 2.44 bits per heavy atom. The summed E-state index contributed by atoms with van der Waals surface area (Å²) in [6.07, 6.45) is 0. The number of hydrogen-bond donors (Lipinski definition) is 0. The van der Waals surface area contributed by atoms with Crippen LogP contribution in [-0.4, -0.2) is 23.8 Å². The molecule has 25 heavy (non-hydrogen) atoms. The quantitative estimate of drug-likeness (QED) is 0.678. The molecule has 0 saturated heterocycles. The molecule has 0 atom stereocenters. The maximum Gasteiger partial charge on any atom is 0.419 e. The van der Waals surface area contributed by atoms with Crippen LogP contribution in [0.3, 0.4) is 0 Å². The van der Waals surface area contributed by atoms with Gasteiger partial charge in [0, 0.05) is 25.7 Å². The molecule has 1 heterocycles. The fourth-order valence-corrected chi connectivity index (χ4v) is 4.26. The molecule has 0 radical (unpaired) electrons. The molecule has 3 rings (SSSR count). The smallest absolute Gasteiger partial charge is 0.408 e. The van der Waals surface area contributed by atoms with Crippen LogP contribution in [0.25, 0.3) is 11.1 Å². The van der Waals surface area contributed by atoms with Gasteiger partial charge in [-0.15, -0.1) is 0 Å². The SMILES string of the molecule is CCN(Cc1ccccc1)S(=O)(=O)c1ccc2c(c1)oc(=O)n2CC. The van der Waals surface area contributed by atoms with Gasteiger partial charge in [-0.3, -0.25) is 4.57 Å². The number of benzene rings is 2. The third-order valence-electron chi connectivity index (χ3n) is 4.15. The molecule has 0 spiro atoms. The zero-order valence-electron chi connectivity index (χ0n) is 14.2. The molecule has 132 valence electrons. The van der Waals surface area contributed by atoms with Gasteiger partial charge in [-0.2, -0.15) is 4.31 Å². The normalized spacial score (nSPS) is 12.1. The molecule has 7 heteroatoms. The second kappa shape index (κ2) is 6.85. The van der Waals surface area contributed by atoms with Crippen LogP contribution < -0.4 is 5.76 Å². The van der Waals surface area contributed by atoms with E-state index in [1.165, 1.54) is 21.0 Å². The van der Waals surface area contributed by atoms with Crippen LogP contribution >= 0.6 is 0 Å². The summed E-state index contributed by atoms with van der Waals surface area (Å²) >= 11 is 0. The van der Waals surface area contributed by atoms with Crippen molar-refractivity contribution in [2.45, 2.75) is 31.8 Å². The van der Waals surface area contributed by atoms with Crippen molar-refractivity contribution in [3.05, 3.63) is 64.6 Å². The summed E-state index contributed by atoms with van der Waals surface area (Å²) in [4.78, 5) is 11.9. The van der Waals surface area contributed by atoms with Crippen molar-refractivity contribution < 1.29 is 12.8 Å². The Bertz CT molecular complexity index is 1040. The van der Waals surface area contributed by atoms with E-state index in [9.17, 15) is 13.2 Å². The highest BCUT2D eigenvalue weighted by molar-refractivity contribution is 7.89. The van der Waals surface area contributed by atoms with E-state index in [1.54, 1.807) is 13.0 Å². The third-order valence-corrected chi connectivity index (χ3v) is 6.06. The van der Waals surface area contributed by atoms with Crippen LogP contribution in [0.4, 0.5) is 0 Å². The highest BCUT2D eigenvalue weighted by atomic mass is 32.2. The van der Waals surface area contributed by atoms with Crippen LogP contribution in [0.1, 0.15) is 19.4 Å². The van der Waals surface area contributed by atoms with E-state index in [2.05, 4.69) is 0 Å². The molecule has 2 aromatic carbocycles. The number of aryl methyl sites for hydroxylation is 1. The van der Waals surface area contributed by atoms with Gasteiger partial charge in [-0.25, -0.2) is 13.2 Å². The Kier molecular flexibility index (Phi) is 4.78. The average molecular weight is 360 g/mol. The third kappa shape index (κ3) is 3.25. The molecule has 0 aliphatic carbocycles. The van der Waals surface area contributed by atoms with Gasteiger partial charge in [0.1, 0.15) is 0 Å². The highest BCUT2D eigenvalue weighted by Gasteiger charge is 2.24. The maximum absolute atomic E-state index is 13.0. The Balaban J connectivity index is 2.00. The fourth-order valence-electron chi connectivity index (χ4n) is 2.81. The number of aromatic nitrogens is 1. The standard InChI is InChI=1S/C18H20N2O4S/c1-3-19(13-14-8-6-5-7-9-14)25(22,23)15-10-11-16-17(12-15)24-18(21)20(16)4-2/h5-12H,3-4,13H2,1-2H3. The lowest BCUT2D eigenvalue weighted by atomic mass is 10.2. The number of sulfonamides is 1. The number of rotatable bonds is 6. The van der Waals surface area contributed by atoms with E-state index in [0.717, 1.165) is 5.56 Å². The molecule has 0 bridgehead atoms. The minimum atomic E-state index is -3.69. The van der Waals surface area contributed by atoms with E-state index in [1.807, 2.05) is 37.3 Å². The molecular formula is C18H20N2O4S. The van der Waals surface area contributed by atoms with E-state index >= 15 is 0 Å². The van der Waals surface area contributed by atoms with E-state index in [-0.39, 0.29) is 17.0 Å². The average Bonchev–Trinajstić information content (AvgIpc) is 2.94. The Labute approximate surface area is 146 Å². The zero-order chi connectivity index (χ0) is 18.0. The highest BCUT2D eigenvalue weighted by Crippen LogP contribution is 2.23. The van der Waals surface area contributed by atoms with Gasteiger partial charge in [0.15, 0.2) is 5.58 Å². The molecule has 6 nitrogen and oxygen atoms in total. The van der Waals surface area contributed by atoms with Crippen molar-refractivity contribution in [1.82, 2.24) is 8.87 Å². The van der Waals surface area contributed by atoms with Crippen molar-refractivity contribution in [3.8, 4) is 0 Å². The van der Waals surface area contributed by atoms with E-state index in [4.69, 9.17) is 4.42 Å². The Hall–Kier alpha value is -2.38. The van der Waals surface area contributed by atoms with Crippen molar-refractivity contribution in [1.29, 1.82) is 0 Å². The van der Waals surface area contributed by atoms with Crippen molar-refractivity contribution in [3.63, 3.8) is 0 Å². The topological polar surface area (TPSA) is 72.5 Å². The first-order valence-corrected chi connectivity index (χ1v) is 9.58. The van der Waals surface area contributed by atoms with Crippen molar-refractivity contribution in [2.75, 3.05) is 6.54 Å². The van der Waals surface area contributed by atoms with Gasteiger partial charge in [-0.1, -0.05) is 37.3 Å². The summed E-state index contributed by atoms with van der Waals surface area (Å²) in [5.74, 6) is -0.483. The van der Waals surface area contributed by atoms with Gasteiger partial charge >= 0.3 is 5.76 Å². The minimum absolute atomic E-state index is 0.120. The molecule has 0 aliphatic rings. The fraction of sp³-hybridized carbons (Fsp3) is 0.278. The number of fused-ring (bicyclic) bond motifs is 1. The second-order valence-electron chi connectivity index (χ2n) is 5.66. The van der Waals surface area contributed by atoms with Crippen LogP contribution in [-0.2, 0) is 23.1 Å². The van der Waals surface area contributed by atoms with Crippen molar-refractivity contribution in [2.24, 2.45) is 0 Å². The summed E-state index contributed by atoms with van der Waals surface area (Å²) in [5.41, 5.74) is 1.79. The first-order valence-electron chi connectivity index (χ1n) is 8.14. The molecule has 0 N–H and O–H groups in total. The molecule has 3 aromatic rings. The number of hydrogen-bond acceptors (Lipinski definition) is 4. The lowest BCUT2D eigenvalue weighted by molar-refractivity contribution is 0.423. The molecule has 0 amide bonds. The van der Waals surface area contributed by atoms with Crippen LogP contribution in [0.5, 0.6) is 0 Å². The maximum atomic E-state index is 13.0. The lowest BCUT2D eigenvalue weighted by Crippen LogP contribution is -2.30. The van der Waals surface area contributed by atoms with Gasteiger partial charge < -0.3 is 4.42 Å². The lowest BCUT2D eigenvalue weighted by Gasteiger charge is -2.20. The summed E-state index contributed by atoms with van der Waals surface area (Å²) in [6, 6.07) is 14.0.